The monoisotopic (exact) mass is 285 g/mol. The minimum atomic E-state index is -0.250. The van der Waals surface area contributed by atoms with Gasteiger partial charge in [0.05, 0.1) is 7.11 Å². The molecular weight excluding hydrogens is 266 g/mol. The van der Waals surface area contributed by atoms with Gasteiger partial charge in [0.15, 0.2) is 0 Å². The van der Waals surface area contributed by atoms with Gasteiger partial charge in [0.2, 0.25) is 0 Å². The Bertz CT molecular complexity index is 579. The normalized spacial score (nSPS) is 10.0. The molecule has 0 saturated carbocycles. The Hall–Kier alpha value is -2.56. The summed E-state index contributed by atoms with van der Waals surface area (Å²) in [5, 5.41) is 5.49. The molecule has 0 radical (unpaired) electrons. The zero-order valence-electron chi connectivity index (χ0n) is 12.2. The van der Waals surface area contributed by atoms with Crippen LogP contribution in [0.1, 0.15) is 11.1 Å². The molecule has 0 bridgehead atoms. The zero-order valence-corrected chi connectivity index (χ0v) is 12.2. The van der Waals surface area contributed by atoms with E-state index in [2.05, 4.69) is 15.6 Å². The van der Waals surface area contributed by atoms with Gasteiger partial charge in [0, 0.05) is 12.7 Å². The van der Waals surface area contributed by atoms with E-state index in [1.54, 1.807) is 19.4 Å². The molecule has 0 fully saturated rings. The van der Waals surface area contributed by atoms with Crippen molar-refractivity contribution in [1.82, 2.24) is 10.3 Å². The highest BCUT2D eigenvalue weighted by molar-refractivity contribution is 5.88. The minimum Gasteiger partial charge on any atom is -0.497 e. The first-order valence-electron chi connectivity index (χ1n) is 6.78. The Balaban J connectivity index is 1.74. The Morgan fingerprint density at radius 1 is 1.19 bits per heavy atom. The van der Waals surface area contributed by atoms with Crippen LogP contribution in [0.5, 0.6) is 5.75 Å². The third-order valence-electron chi connectivity index (χ3n) is 3.01. The van der Waals surface area contributed by atoms with Crippen molar-refractivity contribution in [3.8, 4) is 5.75 Å². The Morgan fingerprint density at radius 3 is 2.57 bits per heavy atom. The van der Waals surface area contributed by atoms with Crippen LogP contribution in [0.15, 0.2) is 42.6 Å². The third-order valence-corrected chi connectivity index (χ3v) is 3.01. The molecule has 21 heavy (non-hydrogen) atoms. The molecule has 110 valence electrons. The van der Waals surface area contributed by atoms with Gasteiger partial charge in [0.25, 0.3) is 0 Å². The van der Waals surface area contributed by atoms with Crippen LogP contribution in [0.4, 0.5) is 10.6 Å². The van der Waals surface area contributed by atoms with E-state index in [1.807, 2.05) is 37.3 Å². The van der Waals surface area contributed by atoms with Crippen LogP contribution < -0.4 is 15.4 Å². The summed E-state index contributed by atoms with van der Waals surface area (Å²) < 4.78 is 5.10. The summed E-state index contributed by atoms with van der Waals surface area (Å²) in [5.74, 6) is 1.37. The number of rotatable bonds is 5. The lowest BCUT2D eigenvalue weighted by molar-refractivity contribution is 0.252. The largest absolute Gasteiger partial charge is 0.497 e. The van der Waals surface area contributed by atoms with Gasteiger partial charge < -0.3 is 10.1 Å². The Kier molecular flexibility index (Phi) is 5.15. The quantitative estimate of drug-likeness (QED) is 0.888. The fourth-order valence-corrected chi connectivity index (χ4v) is 1.81. The number of aromatic nitrogens is 1. The molecule has 2 N–H and O–H groups in total. The number of urea groups is 1. The number of nitrogens with zero attached hydrogens (tertiary/aromatic N) is 1. The first-order valence-corrected chi connectivity index (χ1v) is 6.78. The summed E-state index contributed by atoms with van der Waals surface area (Å²) in [5.41, 5.74) is 2.20. The van der Waals surface area contributed by atoms with E-state index in [9.17, 15) is 4.79 Å². The number of carbonyl (C=O) groups is 1. The summed E-state index contributed by atoms with van der Waals surface area (Å²) in [6.45, 7) is 2.51. The average Bonchev–Trinajstić information content (AvgIpc) is 2.50. The summed E-state index contributed by atoms with van der Waals surface area (Å²) in [6, 6.07) is 11.2. The lowest BCUT2D eigenvalue weighted by atomic mass is 10.1. The Morgan fingerprint density at radius 2 is 1.95 bits per heavy atom. The first-order chi connectivity index (χ1) is 10.2. The summed E-state index contributed by atoms with van der Waals surface area (Å²) in [6.07, 6.45) is 2.48. The highest BCUT2D eigenvalue weighted by Crippen LogP contribution is 2.11. The van der Waals surface area contributed by atoms with Gasteiger partial charge in [-0.3, -0.25) is 5.32 Å². The van der Waals surface area contributed by atoms with Gasteiger partial charge in [-0.1, -0.05) is 18.2 Å². The van der Waals surface area contributed by atoms with Crippen molar-refractivity contribution in [3.63, 3.8) is 0 Å². The number of benzene rings is 1. The first kappa shape index (κ1) is 14.8. The summed E-state index contributed by atoms with van der Waals surface area (Å²) in [7, 11) is 1.64. The second-order valence-corrected chi connectivity index (χ2v) is 4.70. The van der Waals surface area contributed by atoms with Gasteiger partial charge in [-0.05, 0) is 42.7 Å². The summed E-state index contributed by atoms with van der Waals surface area (Å²) >= 11 is 0. The third kappa shape index (κ3) is 4.80. The van der Waals surface area contributed by atoms with Gasteiger partial charge >= 0.3 is 6.03 Å². The smallest absolute Gasteiger partial charge is 0.320 e. The number of amides is 2. The second kappa shape index (κ2) is 7.28. The predicted molar refractivity (Wildman–Crippen MR) is 82.7 cm³/mol. The summed E-state index contributed by atoms with van der Waals surface area (Å²) in [4.78, 5) is 15.8. The fourth-order valence-electron chi connectivity index (χ4n) is 1.81. The van der Waals surface area contributed by atoms with Crippen molar-refractivity contribution in [3.05, 3.63) is 53.7 Å². The van der Waals surface area contributed by atoms with E-state index >= 15 is 0 Å². The number of anilines is 1. The van der Waals surface area contributed by atoms with Crippen molar-refractivity contribution in [2.24, 2.45) is 0 Å². The molecule has 5 nitrogen and oxygen atoms in total. The van der Waals surface area contributed by atoms with Crippen molar-refractivity contribution in [1.29, 1.82) is 0 Å². The molecule has 2 rings (SSSR count). The second-order valence-electron chi connectivity index (χ2n) is 4.70. The lowest BCUT2D eigenvalue weighted by Gasteiger charge is -2.07. The molecule has 0 atom stereocenters. The molecule has 0 saturated heterocycles. The van der Waals surface area contributed by atoms with Crippen LogP contribution in [0.25, 0.3) is 0 Å². The zero-order chi connectivity index (χ0) is 15.1. The lowest BCUT2D eigenvalue weighted by Crippen LogP contribution is -2.30. The van der Waals surface area contributed by atoms with E-state index in [1.165, 1.54) is 0 Å². The van der Waals surface area contributed by atoms with Crippen LogP contribution in [0.2, 0.25) is 0 Å². The molecule has 0 unspecified atom stereocenters. The molecule has 1 aromatic heterocycles. The molecule has 2 aromatic rings. The van der Waals surface area contributed by atoms with Crippen LogP contribution >= 0.6 is 0 Å². The van der Waals surface area contributed by atoms with E-state index in [0.717, 1.165) is 23.3 Å². The Labute approximate surface area is 124 Å². The van der Waals surface area contributed by atoms with E-state index < -0.39 is 0 Å². The maximum absolute atomic E-state index is 11.7. The van der Waals surface area contributed by atoms with Crippen LogP contribution in [0.3, 0.4) is 0 Å². The van der Waals surface area contributed by atoms with Crippen molar-refractivity contribution < 1.29 is 9.53 Å². The maximum Gasteiger partial charge on any atom is 0.320 e. The number of pyridine rings is 1. The highest BCUT2D eigenvalue weighted by atomic mass is 16.5. The molecule has 0 aliphatic carbocycles. The van der Waals surface area contributed by atoms with Crippen molar-refractivity contribution >= 4 is 11.8 Å². The van der Waals surface area contributed by atoms with E-state index in [-0.39, 0.29) is 6.03 Å². The number of methoxy groups -OCH3 is 1. The van der Waals surface area contributed by atoms with E-state index in [4.69, 9.17) is 4.74 Å². The highest BCUT2D eigenvalue weighted by Gasteiger charge is 2.02. The molecule has 5 heteroatoms. The fraction of sp³-hybridized carbons (Fsp3) is 0.250. The van der Waals surface area contributed by atoms with Gasteiger partial charge in [-0.2, -0.15) is 0 Å². The number of hydrogen-bond donors (Lipinski definition) is 2. The van der Waals surface area contributed by atoms with Crippen LogP contribution in [0, 0.1) is 6.92 Å². The minimum absolute atomic E-state index is 0.250. The number of ether oxygens (including phenoxy) is 1. The SMILES string of the molecule is COc1ccc(CCNC(=O)Nc2ccc(C)cn2)cc1. The number of nitrogens with one attached hydrogen (secondary N) is 2. The van der Waals surface area contributed by atoms with Crippen molar-refractivity contribution in [2.75, 3.05) is 19.0 Å². The molecule has 1 heterocycles. The molecular formula is C16H19N3O2. The van der Waals surface area contributed by atoms with Crippen LogP contribution in [-0.2, 0) is 6.42 Å². The number of hydrogen-bond acceptors (Lipinski definition) is 3. The maximum atomic E-state index is 11.7. The molecule has 0 spiro atoms. The molecule has 0 aliphatic heterocycles. The standard InChI is InChI=1S/C16H19N3O2/c1-12-3-8-15(18-11-12)19-16(20)17-10-9-13-4-6-14(21-2)7-5-13/h3-8,11H,9-10H2,1-2H3,(H2,17,18,19,20). The van der Waals surface area contributed by atoms with E-state index in [0.29, 0.717) is 12.4 Å². The van der Waals surface area contributed by atoms with Gasteiger partial charge in [0.1, 0.15) is 11.6 Å². The molecule has 2 amide bonds. The molecule has 1 aromatic carbocycles. The predicted octanol–water partition coefficient (Wildman–Crippen LogP) is 2.76. The van der Waals surface area contributed by atoms with Gasteiger partial charge in [-0.25, -0.2) is 9.78 Å². The molecule has 0 aliphatic rings. The average molecular weight is 285 g/mol. The topological polar surface area (TPSA) is 63.2 Å². The number of carbonyl (C=O) groups excluding carboxylic acids is 1. The van der Waals surface area contributed by atoms with Crippen molar-refractivity contribution in [2.45, 2.75) is 13.3 Å². The van der Waals surface area contributed by atoms with Crippen LogP contribution in [-0.4, -0.2) is 24.7 Å². The number of aryl methyl sites for hydroxylation is 1. The van der Waals surface area contributed by atoms with Gasteiger partial charge in [-0.15, -0.1) is 0 Å².